The first kappa shape index (κ1) is 46.6. The Hall–Kier alpha value is -2.38. The maximum Gasteiger partial charge on any atom is 0.438 e. The van der Waals surface area contributed by atoms with E-state index in [1.54, 1.807) is 0 Å². The Morgan fingerprint density at radius 1 is 0.431 bits per heavy atom. The van der Waals surface area contributed by atoms with E-state index in [1.807, 2.05) is 0 Å². The highest BCUT2D eigenvalue weighted by molar-refractivity contribution is 7.92. The van der Waals surface area contributed by atoms with Gasteiger partial charge in [-0.2, -0.15) is 114 Å². The summed E-state index contributed by atoms with van der Waals surface area (Å²) in [7, 11) is -16.4. The van der Waals surface area contributed by atoms with Crippen molar-refractivity contribution in [1.29, 1.82) is 0 Å². The van der Waals surface area contributed by atoms with Gasteiger partial charge in [-0.1, -0.05) is 11.6 Å². The Bertz CT molecular complexity index is 1740. The molecule has 0 aromatic heterocycles. The van der Waals surface area contributed by atoms with Crippen molar-refractivity contribution in [3.05, 3.63) is 29.0 Å². The van der Waals surface area contributed by atoms with Crippen molar-refractivity contribution in [2.24, 2.45) is 0 Å². The summed E-state index contributed by atoms with van der Waals surface area (Å²) in [6.45, 7) is 0. The van der Waals surface area contributed by atoms with Gasteiger partial charge in [0.2, 0.25) is 0 Å². The van der Waals surface area contributed by atoms with E-state index in [0.29, 0.717) is 0 Å². The van der Waals surface area contributed by atoms with Crippen LogP contribution in [0.1, 0.15) is 0 Å². The molecule has 0 unspecified atom stereocenters. The summed E-state index contributed by atoms with van der Waals surface area (Å²) in [6, 6.07) is -1.18. The summed E-state index contributed by atoms with van der Waals surface area (Å²) in [5, 5.41) is -17.6. The van der Waals surface area contributed by atoms with E-state index in [1.165, 1.54) is 0 Å². The average molecular weight is 875 g/mol. The second-order valence-electron chi connectivity index (χ2n) is 9.33. The normalized spacial score (nSPS) is 16.5. The van der Waals surface area contributed by atoms with Crippen molar-refractivity contribution in [2.45, 2.75) is 74.6 Å². The van der Waals surface area contributed by atoms with Crippen LogP contribution >= 0.6 is 11.6 Å². The lowest BCUT2D eigenvalue weighted by Gasteiger charge is -2.45. The summed E-state index contributed by atoms with van der Waals surface area (Å²) < 4.78 is 397. The van der Waals surface area contributed by atoms with Crippen LogP contribution in [-0.2, 0) is 20.0 Å². The van der Waals surface area contributed by atoms with Gasteiger partial charge in [0.05, 0.1) is 0 Å². The molecule has 0 fully saturated rings. The van der Waals surface area contributed by atoms with E-state index < -0.39 is 118 Å². The molecule has 0 aliphatic heterocycles. The van der Waals surface area contributed by atoms with Crippen molar-refractivity contribution in [2.75, 3.05) is 0 Å². The smallest absolute Gasteiger partial charge is 0.281 e. The Labute approximate surface area is 267 Å². The fraction of sp³-hybridized carbons (Fsp3) is 0.667. The number of sulfone groups is 1. The van der Waals surface area contributed by atoms with E-state index >= 15 is 0 Å². The van der Waals surface area contributed by atoms with Crippen LogP contribution in [0, 0.1) is 5.82 Å². The monoisotopic (exact) mass is 874 g/mol. The van der Waals surface area contributed by atoms with Crippen LogP contribution in [0.2, 0.25) is 5.02 Å². The first-order valence-electron chi connectivity index (χ1n) is 10.9. The van der Waals surface area contributed by atoms with Crippen LogP contribution in [0.4, 0.5) is 110 Å². The van der Waals surface area contributed by atoms with E-state index in [2.05, 4.69) is 0 Å². The third kappa shape index (κ3) is 5.55. The number of rotatable bonds is 14. The summed E-state index contributed by atoms with van der Waals surface area (Å²) >= 11 is 5.03. The SMILES string of the molecule is O=S(=O)(O)C(F)(F)C(F)(F)C(F)(F)C(F)(F)C(F)(F)C(F)(F)C(F)(F)C(F)(F)C(F)(F)C(F)(F)C(F)(F)C(F)(F)S(=O)(=O)c1ccc(Cl)cc1F. The lowest BCUT2D eigenvalue weighted by atomic mass is 9.85. The van der Waals surface area contributed by atoms with Crippen LogP contribution in [0.5, 0.6) is 0 Å². The molecule has 0 radical (unpaired) electrons. The predicted octanol–water partition coefficient (Wildman–Crippen LogP) is 8.68. The molecule has 51 heavy (non-hydrogen) atoms. The van der Waals surface area contributed by atoms with Gasteiger partial charge in [-0.3, -0.25) is 4.55 Å². The molecule has 300 valence electrons. The maximum atomic E-state index is 14.2. The van der Waals surface area contributed by atoms with E-state index in [0.717, 1.165) is 0 Å². The summed E-state index contributed by atoms with van der Waals surface area (Å²) in [6.07, 6.45) is 0. The van der Waals surface area contributed by atoms with E-state index in [-0.39, 0.29) is 6.07 Å². The molecule has 0 atom stereocenters. The summed E-state index contributed by atoms with van der Waals surface area (Å²) in [4.78, 5) is -2.99. The molecule has 1 aromatic rings. The molecule has 1 rings (SSSR count). The van der Waals surface area contributed by atoms with Crippen LogP contribution in [0.3, 0.4) is 0 Å². The van der Waals surface area contributed by atoms with Crippen molar-refractivity contribution in [3.63, 3.8) is 0 Å². The van der Waals surface area contributed by atoms with Gasteiger partial charge in [-0.25, -0.2) is 12.8 Å². The van der Waals surface area contributed by atoms with Crippen molar-refractivity contribution in [1.82, 2.24) is 0 Å². The Balaban J connectivity index is 4.05. The lowest BCUT2D eigenvalue weighted by Crippen LogP contribution is -2.78. The van der Waals surface area contributed by atoms with Gasteiger partial charge < -0.3 is 0 Å². The quantitative estimate of drug-likeness (QED) is 0.149. The fourth-order valence-corrected chi connectivity index (χ4v) is 5.02. The minimum Gasteiger partial charge on any atom is -0.281 e. The van der Waals surface area contributed by atoms with Gasteiger partial charge in [0.1, 0.15) is 10.7 Å². The number of hydrogen-bond acceptors (Lipinski definition) is 4. The first-order chi connectivity index (χ1) is 21.7. The fourth-order valence-electron chi connectivity index (χ4n) is 3.10. The molecule has 0 aliphatic rings. The molecule has 1 N–H and O–H groups in total. The minimum absolute atomic E-state index is 0.0749. The van der Waals surface area contributed by atoms with Gasteiger partial charge in [0.15, 0.2) is 0 Å². The van der Waals surface area contributed by atoms with Gasteiger partial charge in [-0.15, -0.1) is 0 Å². The summed E-state index contributed by atoms with van der Waals surface area (Å²) in [5.41, 5.74) is 0. The molecule has 1 aromatic carbocycles. The molecular formula is C18H4ClF25O5S2. The van der Waals surface area contributed by atoms with Gasteiger partial charge in [0.25, 0.3) is 9.84 Å². The molecule has 0 spiro atoms. The molecule has 5 nitrogen and oxygen atoms in total. The Morgan fingerprint density at radius 3 is 0.902 bits per heavy atom. The Morgan fingerprint density at radius 2 is 0.667 bits per heavy atom. The molecule has 0 saturated heterocycles. The number of hydrogen-bond donors (Lipinski definition) is 1. The zero-order chi connectivity index (χ0) is 41.9. The highest BCUT2D eigenvalue weighted by Crippen LogP contribution is 2.68. The molecule has 0 amide bonds. The number of alkyl halides is 24. The molecular weight excluding hydrogens is 871 g/mol. The molecule has 33 heteroatoms. The van der Waals surface area contributed by atoms with E-state index in [9.17, 15) is 127 Å². The number of benzene rings is 1. The summed E-state index contributed by atoms with van der Waals surface area (Å²) in [5.74, 6) is -98.4. The third-order valence-corrected chi connectivity index (χ3v) is 9.11. The highest BCUT2D eigenvalue weighted by atomic mass is 35.5. The lowest BCUT2D eigenvalue weighted by molar-refractivity contribution is -0.475. The van der Waals surface area contributed by atoms with E-state index in [4.69, 9.17) is 16.2 Å². The molecule has 0 bridgehead atoms. The van der Waals surface area contributed by atoms with Gasteiger partial charge in [0, 0.05) is 5.02 Å². The van der Waals surface area contributed by atoms with Crippen molar-refractivity contribution in [3.8, 4) is 0 Å². The van der Waals surface area contributed by atoms with Crippen LogP contribution in [0.15, 0.2) is 23.1 Å². The second-order valence-corrected chi connectivity index (χ2v) is 13.2. The first-order valence-corrected chi connectivity index (χ1v) is 14.2. The number of halogens is 26. The molecule has 0 aliphatic carbocycles. The highest BCUT2D eigenvalue weighted by Gasteiger charge is 3.00. The predicted molar refractivity (Wildman–Crippen MR) is 110 cm³/mol. The molecule has 0 heterocycles. The largest absolute Gasteiger partial charge is 0.438 e. The van der Waals surface area contributed by atoms with Crippen LogP contribution in [0.25, 0.3) is 0 Å². The van der Waals surface area contributed by atoms with Gasteiger partial charge in [-0.05, 0) is 18.2 Å². The van der Waals surface area contributed by atoms with Crippen LogP contribution in [-0.4, -0.2) is 91.1 Å². The van der Waals surface area contributed by atoms with Gasteiger partial charge >= 0.3 is 79.9 Å². The third-order valence-electron chi connectivity index (χ3n) is 6.13. The second kappa shape index (κ2) is 11.8. The standard InChI is InChI=1S/C18H4ClF25O5S2/c19-4-1-2-6(5(20)3-4)50(45,46)17(41,42)15(37,38)13(33,34)11(29,30)9(25,26)7(21,22)8(23,24)10(27,28)12(31,32)14(35,36)16(39,40)18(43,44)51(47,48)49/h1-3H,(H,47,48,49). The average Bonchev–Trinajstić information content (AvgIpc) is 2.90. The maximum absolute atomic E-state index is 14.2. The van der Waals surface area contributed by atoms with Crippen molar-refractivity contribution >= 4 is 31.6 Å². The zero-order valence-corrected chi connectivity index (χ0v) is 24.3. The zero-order valence-electron chi connectivity index (χ0n) is 22.0. The Kier molecular flexibility index (Phi) is 10.8. The molecule has 0 saturated carbocycles. The van der Waals surface area contributed by atoms with Crippen molar-refractivity contribution < 1.29 is 131 Å². The topological polar surface area (TPSA) is 88.5 Å². The van der Waals surface area contributed by atoms with Crippen LogP contribution < -0.4 is 0 Å². The minimum atomic E-state index is -9.90.